The van der Waals surface area contributed by atoms with Gasteiger partial charge >= 0.3 is 5.97 Å². The van der Waals surface area contributed by atoms with Crippen LogP contribution in [-0.4, -0.2) is 21.1 Å². The molecular formula is C23H24N2O4. The van der Waals surface area contributed by atoms with Crippen LogP contribution in [0.15, 0.2) is 53.3 Å². The van der Waals surface area contributed by atoms with Crippen LogP contribution in [0.25, 0.3) is 5.65 Å². The fourth-order valence-corrected chi connectivity index (χ4v) is 3.17. The van der Waals surface area contributed by atoms with Crippen LogP contribution in [0.5, 0.6) is 0 Å². The van der Waals surface area contributed by atoms with Gasteiger partial charge in [0.15, 0.2) is 5.78 Å². The Morgan fingerprint density at radius 1 is 1.07 bits per heavy atom. The Morgan fingerprint density at radius 3 is 2.55 bits per heavy atom. The third-order valence-corrected chi connectivity index (χ3v) is 4.68. The van der Waals surface area contributed by atoms with Gasteiger partial charge in [-0.1, -0.05) is 43.7 Å². The number of rotatable bonds is 8. The number of aromatic nitrogens is 2. The fourth-order valence-electron chi connectivity index (χ4n) is 3.17. The third-order valence-electron chi connectivity index (χ3n) is 4.68. The van der Waals surface area contributed by atoms with Crippen LogP contribution in [0.1, 0.15) is 53.5 Å². The van der Waals surface area contributed by atoms with Crippen LogP contribution in [0.3, 0.4) is 0 Å². The number of ether oxygens (including phenoxy) is 1. The maximum absolute atomic E-state index is 12.3. The van der Waals surface area contributed by atoms with E-state index in [4.69, 9.17) is 4.74 Å². The van der Waals surface area contributed by atoms with Gasteiger partial charge < -0.3 is 4.74 Å². The summed E-state index contributed by atoms with van der Waals surface area (Å²) in [5, 5.41) is 0. The number of Topliss-reactive ketones (excluding diaryl/α,β-unsaturated/α-hetero) is 1. The second-order valence-electron chi connectivity index (χ2n) is 6.98. The van der Waals surface area contributed by atoms with E-state index in [1.54, 1.807) is 18.2 Å². The largest absolute Gasteiger partial charge is 0.459 e. The van der Waals surface area contributed by atoms with Gasteiger partial charge in [-0.15, -0.1) is 0 Å². The summed E-state index contributed by atoms with van der Waals surface area (Å²) in [5.74, 6) is -0.588. The number of esters is 1. The number of aryl methyl sites for hydroxylation is 2. The molecule has 0 spiro atoms. The molecule has 0 saturated carbocycles. The lowest BCUT2D eigenvalue weighted by Gasteiger charge is -2.07. The van der Waals surface area contributed by atoms with Crippen molar-refractivity contribution in [3.63, 3.8) is 0 Å². The molecule has 0 aliphatic rings. The predicted octanol–water partition coefficient (Wildman–Crippen LogP) is 3.66. The maximum Gasteiger partial charge on any atom is 0.306 e. The van der Waals surface area contributed by atoms with Crippen molar-refractivity contribution in [2.75, 3.05) is 0 Å². The molecule has 0 saturated heterocycles. The molecule has 0 fully saturated rings. The average Bonchev–Trinajstić information content (AvgIpc) is 2.71. The molecule has 6 nitrogen and oxygen atoms in total. The van der Waals surface area contributed by atoms with Gasteiger partial charge in [0.25, 0.3) is 5.56 Å². The van der Waals surface area contributed by atoms with E-state index in [2.05, 4.69) is 11.9 Å². The lowest BCUT2D eigenvalue weighted by molar-refractivity contribution is -0.145. The summed E-state index contributed by atoms with van der Waals surface area (Å²) in [6.45, 7) is 3.83. The maximum atomic E-state index is 12.3. The molecule has 2 heterocycles. The van der Waals surface area contributed by atoms with Gasteiger partial charge in [0.2, 0.25) is 0 Å². The summed E-state index contributed by atoms with van der Waals surface area (Å²) in [4.78, 5) is 40.9. The molecule has 0 atom stereocenters. The van der Waals surface area contributed by atoms with E-state index in [-0.39, 0.29) is 30.8 Å². The summed E-state index contributed by atoms with van der Waals surface area (Å²) < 4.78 is 6.69. The molecule has 0 radical (unpaired) electrons. The number of hydrogen-bond donors (Lipinski definition) is 0. The van der Waals surface area contributed by atoms with E-state index < -0.39 is 5.97 Å². The normalized spacial score (nSPS) is 10.8. The zero-order valence-electron chi connectivity index (χ0n) is 16.7. The van der Waals surface area contributed by atoms with Crippen LogP contribution < -0.4 is 5.56 Å². The van der Waals surface area contributed by atoms with Crippen LogP contribution >= 0.6 is 0 Å². The van der Waals surface area contributed by atoms with Gasteiger partial charge in [0, 0.05) is 23.7 Å². The highest BCUT2D eigenvalue weighted by molar-refractivity contribution is 5.97. The molecule has 0 N–H and O–H groups in total. The Bertz CT molecular complexity index is 1080. The summed E-state index contributed by atoms with van der Waals surface area (Å²) in [6.07, 6.45) is 2.10. The molecular weight excluding hydrogens is 368 g/mol. The van der Waals surface area contributed by atoms with Gasteiger partial charge in [-0.3, -0.25) is 18.8 Å². The van der Waals surface area contributed by atoms with E-state index in [1.165, 1.54) is 16.0 Å². The smallest absolute Gasteiger partial charge is 0.306 e. The molecule has 3 aromatic rings. The molecule has 0 unspecified atom stereocenters. The second kappa shape index (κ2) is 9.28. The Balaban J connectivity index is 1.54. The number of pyridine rings is 1. The Labute approximate surface area is 169 Å². The molecule has 29 heavy (non-hydrogen) atoms. The lowest BCUT2D eigenvalue weighted by atomic mass is 10.0. The molecule has 0 amide bonds. The minimum atomic E-state index is -0.493. The van der Waals surface area contributed by atoms with Crippen LogP contribution in [0, 0.1) is 6.92 Å². The average molecular weight is 392 g/mol. The molecule has 150 valence electrons. The summed E-state index contributed by atoms with van der Waals surface area (Å²) in [7, 11) is 0. The predicted molar refractivity (Wildman–Crippen MR) is 110 cm³/mol. The monoisotopic (exact) mass is 392 g/mol. The van der Waals surface area contributed by atoms with Gasteiger partial charge in [0.1, 0.15) is 12.3 Å². The highest BCUT2D eigenvalue weighted by Gasteiger charge is 2.12. The van der Waals surface area contributed by atoms with Crippen molar-refractivity contribution < 1.29 is 14.3 Å². The number of benzene rings is 1. The first-order valence-electron chi connectivity index (χ1n) is 9.74. The van der Waals surface area contributed by atoms with E-state index in [0.717, 1.165) is 18.5 Å². The minimum absolute atomic E-state index is 0.0127. The first kappa shape index (κ1) is 20.5. The highest BCUT2D eigenvalue weighted by atomic mass is 16.5. The zero-order chi connectivity index (χ0) is 20.8. The van der Waals surface area contributed by atoms with Crippen LogP contribution in [0.4, 0.5) is 0 Å². The van der Waals surface area contributed by atoms with Gasteiger partial charge in [-0.2, -0.15) is 0 Å². The zero-order valence-corrected chi connectivity index (χ0v) is 16.7. The van der Waals surface area contributed by atoms with Crippen molar-refractivity contribution in [3.8, 4) is 0 Å². The third kappa shape index (κ3) is 5.16. The van der Waals surface area contributed by atoms with Crippen molar-refractivity contribution in [1.29, 1.82) is 0 Å². The van der Waals surface area contributed by atoms with Crippen molar-refractivity contribution >= 4 is 17.4 Å². The fraction of sp³-hybridized carbons (Fsp3) is 0.304. The van der Waals surface area contributed by atoms with Crippen LogP contribution in [0.2, 0.25) is 0 Å². The van der Waals surface area contributed by atoms with Crippen LogP contribution in [-0.2, 0) is 22.6 Å². The number of hydrogen-bond acceptors (Lipinski definition) is 5. The number of nitrogens with zero attached hydrogens (tertiary/aromatic N) is 2. The molecule has 6 heteroatoms. The molecule has 1 aromatic carbocycles. The number of carbonyl (C=O) groups is 2. The van der Waals surface area contributed by atoms with E-state index >= 15 is 0 Å². The molecule has 0 bridgehead atoms. The van der Waals surface area contributed by atoms with Crippen molar-refractivity contribution in [2.45, 2.75) is 46.1 Å². The molecule has 0 aliphatic carbocycles. The molecule has 2 aromatic heterocycles. The quantitative estimate of drug-likeness (QED) is 0.432. The number of carbonyl (C=O) groups excluding carboxylic acids is 2. The van der Waals surface area contributed by atoms with Gasteiger partial charge in [-0.05, 0) is 31.0 Å². The Morgan fingerprint density at radius 2 is 1.83 bits per heavy atom. The van der Waals surface area contributed by atoms with Crippen molar-refractivity contribution in [1.82, 2.24) is 9.38 Å². The number of fused-ring (bicyclic) bond motifs is 1. The molecule has 0 aliphatic heterocycles. The van der Waals surface area contributed by atoms with E-state index in [0.29, 0.717) is 16.9 Å². The first-order chi connectivity index (χ1) is 14.0. The minimum Gasteiger partial charge on any atom is -0.459 e. The Hall–Kier alpha value is -3.28. The van der Waals surface area contributed by atoms with Crippen molar-refractivity contribution in [3.05, 3.63) is 81.4 Å². The highest BCUT2D eigenvalue weighted by Crippen LogP contribution is 2.11. The lowest BCUT2D eigenvalue weighted by Crippen LogP contribution is -2.18. The summed E-state index contributed by atoms with van der Waals surface area (Å²) in [6, 6.07) is 14.2. The summed E-state index contributed by atoms with van der Waals surface area (Å²) in [5.41, 5.74) is 3.23. The first-order valence-corrected chi connectivity index (χ1v) is 9.74. The Kier molecular flexibility index (Phi) is 6.54. The topological polar surface area (TPSA) is 77.7 Å². The second-order valence-corrected chi connectivity index (χ2v) is 6.98. The molecule has 3 rings (SSSR count). The SMILES string of the molecule is CCCc1ccc(C(=O)CCC(=O)OCc2cc(=O)n3c(C)cccc3n2)cc1. The number of ketones is 1. The van der Waals surface area contributed by atoms with Gasteiger partial charge in [0.05, 0.1) is 12.1 Å². The standard InChI is InChI=1S/C23H24N2O4/c1-3-5-17-8-10-18(11-9-17)20(26)12-13-23(28)29-15-19-14-22(27)25-16(2)6-4-7-21(25)24-19/h4,6-11,14H,3,5,12-13,15H2,1-2H3. The van der Waals surface area contributed by atoms with Gasteiger partial charge in [-0.25, -0.2) is 4.98 Å². The van der Waals surface area contributed by atoms with Crippen molar-refractivity contribution in [2.24, 2.45) is 0 Å². The van der Waals surface area contributed by atoms with E-state index in [1.807, 2.05) is 31.2 Å². The summed E-state index contributed by atoms with van der Waals surface area (Å²) >= 11 is 0. The van der Waals surface area contributed by atoms with E-state index in [9.17, 15) is 14.4 Å².